The van der Waals surface area contributed by atoms with Crippen LogP contribution in [0.2, 0.25) is 0 Å². The maximum absolute atomic E-state index is 13.2. The number of halogens is 2. The standard InChI is InChI=1S/C14H20BrFN2/c1-18-7-2-3-13(6-8-18)17-10-11-9-12(16)4-5-14(11)15/h4-5,9,13,17H,2-3,6-8,10H2,1H3. The van der Waals surface area contributed by atoms with Crippen LogP contribution in [0.1, 0.15) is 24.8 Å². The van der Waals surface area contributed by atoms with E-state index in [1.807, 2.05) is 0 Å². The molecule has 0 amide bonds. The number of hydrogen-bond donors (Lipinski definition) is 1. The van der Waals surface area contributed by atoms with Gasteiger partial charge in [-0.1, -0.05) is 15.9 Å². The Bertz CT molecular complexity index is 397. The van der Waals surface area contributed by atoms with Crippen molar-refractivity contribution < 1.29 is 4.39 Å². The molecule has 0 aliphatic carbocycles. The number of rotatable bonds is 3. The van der Waals surface area contributed by atoms with Crippen LogP contribution in [0.5, 0.6) is 0 Å². The maximum atomic E-state index is 13.2. The van der Waals surface area contributed by atoms with Crippen LogP contribution in [0, 0.1) is 5.82 Å². The number of hydrogen-bond acceptors (Lipinski definition) is 2. The van der Waals surface area contributed by atoms with Gasteiger partial charge in [-0.25, -0.2) is 4.39 Å². The molecule has 18 heavy (non-hydrogen) atoms. The van der Waals surface area contributed by atoms with Crippen LogP contribution < -0.4 is 5.32 Å². The van der Waals surface area contributed by atoms with Gasteiger partial charge in [0.2, 0.25) is 0 Å². The molecule has 1 unspecified atom stereocenters. The van der Waals surface area contributed by atoms with Crippen LogP contribution in [0.25, 0.3) is 0 Å². The summed E-state index contributed by atoms with van der Waals surface area (Å²) >= 11 is 3.47. The lowest BCUT2D eigenvalue weighted by atomic mass is 10.1. The van der Waals surface area contributed by atoms with Gasteiger partial charge in [0.05, 0.1) is 0 Å². The van der Waals surface area contributed by atoms with E-state index in [1.165, 1.54) is 31.9 Å². The molecule has 2 rings (SSSR count). The van der Waals surface area contributed by atoms with E-state index in [9.17, 15) is 4.39 Å². The molecule has 2 nitrogen and oxygen atoms in total. The summed E-state index contributed by atoms with van der Waals surface area (Å²) in [5, 5.41) is 3.54. The molecule has 0 aromatic heterocycles. The summed E-state index contributed by atoms with van der Waals surface area (Å²) < 4.78 is 14.1. The molecule has 4 heteroatoms. The third kappa shape index (κ3) is 4.04. The van der Waals surface area contributed by atoms with E-state index in [2.05, 4.69) is 33.2 Å². The summed E-state index contributed by atoms with van der Waals surface area (Å²) in [4.78, 5) is 2.37. The average molecular weight is 315 g/mol. The Kier molecular flexibility index (Phi) is 5.15. The Hall–Kier alpha value is -0.450. The molecular weight excluding hydrogens is 295 g/mol. The van der Waals surface area contributed by atoms with Crippen LogP contribution in [-0.4, -0.2) is 31.1 Å². The molecule has 1 aromatic carbocycles. The summed E-state index contributed by atoms with van der Waals surface area (Å²) in [6.45, 7) is 3.05. The van der Waals surface area contributed by atoms with Crippen molar-refractivity contribution in [2.75, 3.05) is 20.1 Å². The first-order valence-corrected chi connectivity index (χ1v) is 7.30. The topological polar surface area (TPSA) is 15.3 Å². The molecule has 1 aliphatic heterocycles. The largest absolute Gasteiger partial charge is 0.310 e. The molecule has 0 radical (unpaired) electrons. The fourth-order valence-electron chi connectivity index (χ4n) is 2.38. The first-order chi connectivity index (χ1) is 8.65. The predicted octanol–water partition coefficient (Wildman–Crippen LogP) is 3.16. The van der Waals surface area contributed by atoms with Gasteiger partial charge < -0.3 is 10.2 Å². The molecule has 1 fully saturated rings. The Morgan fingerprint density at radius 2 is 2.22 bits per heavy atom. The molecule has 0 saturated carbocycles. The van der Waals surface area contributed by atoms with Crippen molar-refractivity contribution in [2.24, 2.45) is 0 Å². The highest BCUT2D eigenvalue weighted by Crippen LogP contribution is 2.18. The highest BCUT2D eigenvalue weighted by Gasteiger charge is 2.14. The third-order valence-electron chi connectivity index (χ3n) is 3.54. The lowest BCUT2D eigenvalue weighted by Gasteiger charge is -2.17. The van der Waals surface area contributed by atoms with Crippen LogP contribution >= 0.6 is 15.9 Å². The maximum Gasteiger partial charge on any atom is 0.123 e. The average Bonchev–Trinajstić information content (AvgIpc) is 2.55. The molecule has 0 spiro atoms. The van der Waals surface area contributed by atoms with Crippen molar-refractivity contribution in [3.8, 4) is 0 Å². The zero-order valence-corrected chi connectivity index (χ0v) is 12.3. The predicted molar refractivity (Wildman–Crippen MR) is 76.1 cm³/mol. The second kappa shape index (κ2) is 6.64. The van der Waals surface area contributed by atoms with Crippen molar-refractivity contribution in [3.05, 3.63) is 34.1 Å². The SMILES string of the molecule is CN1CCCC(NCc2cc(F)ccc2Br)CC1. The van der Waals surface area contributed by atoms with E-state index >= 15 is 0 Å². The van der Waals surface area contributed by atoms with Crippen molar-refractivity contribution in [2.45, 2.75) is 31.8 Å². The van der Waals surface area contributed by atoms with Crippen LogP contribution in [0.15, 0.2) is 22.7 Å². The van der Waals surface area contributed by atoms with Gasteiger partial charge in [-0.15, -0.1) is 0 Å². The lowest BCUT2D eigenvalue weighted by Crippen LogP contribution is -2.29. The first kappa shape index (κ1) is 14.0. The number of nitrogens with one attached hydrogen (secondary N) is 1. The fraction of sp³-hybridized carbons (Fsp3) is 0.571. The Morgan fingerprint density at radius 3 is 3.06 bits per heavy atom. The third-order valence-corrected chi connectivity index (χ3v) is 4.31. The van der Waals surface area contributed by atoms with Gasteiger partial charge in [0.25, 0.3) is 0 Å². The van der Waals surface area contributed by atoms with Gasteiger partial charge in [-0.2, -0.15) is 0 Å². The van der Waals surface area contributed by atoms with Gasteiger partial charge >= 0.3 is 0 Å². The van der Waals surface area contributed by atoms with E-state index in [-0.39, 0.29) is 5.82 Å². The number of benzene rings is 1. The second-order valence-corrected chi connectivity index (χ2v) is 5.90. The molecular formula is C14H20BrFN2. The zero-order chi connectivity index (χ0) is 13.0. The fourth-order valence-corrected chi connectivity index (χ4v) is 2.76. The monoisotopic (exact) mass is 314 g/mol. The van der Waals surface area contributed by atoms with Crippen molar-refractivity contribution in [1.82, 2.24) is 10.2 Å². The minimum atomic E-state index is -0.171. The normalized spacial score (nSPS) is 21.8. The summed E-state index contributed by atoms with van der Waals surface area (Å²) in [6, 6.07) is 5.39. The minimum Gasteiger partial charge on any atom is -0.310 e. The molecule has 1 aliphatic rings. The highest BCUT2D eigenvalue weighted by molar-refractivity contribution is 9.10. The molecule has 0 bridgehead atoms. The van der Waals surface area contributed by atoms with Crippen molar-refractivity contribution in [3.63, 3.8) is 0 Å². The number of nitrogens with zero attached hydrogens (tertiary/aromatic N) is 1. The van der Waals surface area contributed by atoms with Crippen LogP contribution in [0.3, 0.4) is 0 Å². The van der Waals surface area contributed by atoms with Crippen molar-refractivity contribution >= 4 is 15.9 Å². The lowest BCUT2D eigenvalue weighted by molar-refractivity contribution is 0.343. The van der Waals surface area contributed by atoms with Gasteiger partial charge in [0.15, 0.2) is 0 Å². The minimum absolute atomic E-state index is 0.171. The molecule has 1 saturated heterocycles. The zero-order valence-electron chi connectivity index (χ0n) is 10.8. The molecule has 1 N–H and O–H groups in total. The van der Waals surface area contributed by atoms with Gasteiger partial charge in [0.1, 0.15) is 5.82 Å². The van der Waals surface area contributed by atoms with E-state index in [0.29, 0.717) is 6.04 Å². The van der Waals surface area contributed by atoms with Crippen molar-refractivity contribution in [1.29, 1.82) is 0 Å². The molecule has 1 atom stereocenters. The van der Waals surface area contributed by atoms with E-state index < -0.39 is 0 Å². The Balaban J connectivity index is 1.88. The van der Waals surface area contributed by atoms with Crippen LogP contribution in [-0.2, 0) is 6.54 Å². The molecule has 100 valence electrons. The number of likely N-dealkylation sites (tertiary alicyclic amines) is 1. The summed E-state index contributed by atoms with van der Waals surface area (Å²) in [7, 11) is 2.17. The van der Waals surface area contributed by atoms with Gasteiger partial charge in [-0.3, -0.25) is 0 Å². The summed E-state index contributed by atoms with van der Waals surface area (Å²) in [5.74, 6) is -0.171. The highest BCUT2D eigenvalue weighted by atomic mass is 79.9. The van der Waals surface area contributed by atoms with Gasteiger partial charge in [0, 0.05) is 17.1 Å². The quantitative estimate of drug-likeness (QED) is 0.922. The molecule has 1 heterocycles. The van der Waals surface area contributed by atoms with E-state index in [4.69, 9.17) is 0 Å². The van der Waals surface area contributed by atoms with Crippen LogP contribution in [0.4, 0.5) is 4.39 Å². The molecule has 1 aromatic rings. The second-order valence-electron chi connectivity index (χ2n) is 5.05. The Labute approximate surface area is 117 Å². The Morgan fingerprint density at radius 1 is 1.39 bits per heavy atom. The first-order valence-electron chi connectivity index (χ1n) is 6.51. The summed E-state index contributed by atoms with van der Waals surface area (Å²) in [6.07, 6.45) is 3.61. The van der Waals surface area contributed by atoms with Gasteiger partial charge in [-0.05, 0) is 63.2 Å². The smallest absolute Gasteiger partial charge is 0.123 e. The summed E-state index contributed by atoms with van der Waals surface area (Å²) in [5.41, 5.74) is 0.993. The van der Waals surface area contributed by atoms with E-state index in [1.54, 1.807) is 12.1 Å². The van der Waals surface area contributed by atoms with E-state index in [0.717, 1.165) is 23.1 Å².